The molecule has 1 atom stereocenters. The number of nitrogens with one attached hydrogen (secondary N) is 1. The molecule has 1 aromatic rings. The summed E-state index contributed by atoms with van der Waals surface area (Å²) in [6.07, 6.45) is 1.91. The monoisotopic (exact) mass is 221 g/mol. The second-order valence-corrected chi connectivity index (χ2v) is 4.50. The van der Waals surface area contributed by atoms with Crippen molar-refractivity contribution in [2.75, 3.05) is 6.54 Å². The lowest BCUT2D eigenvalue weighted by Gasteiger charge is -2.33. The van der Waals surface area contributed by atoms with Crippen molar-refractivity contribution < 1.29 is 4.39 Å². The summed E-state index contributed by atoms with van der Waals surface area (Å²) in [5, 5.41) is 3.37. The van der Waals surface area contributed by atoms with Crippen LogP contribution in [-0.4, -0.2) is 12.6 Å². The minimum Gasteiger partial charge on any atom is -0.310 e. The number of hydrogen-bond donors (Lipinski definition) is 1. The molecular formula is C14H20FN. The van der Waals surface area contributed by atoms with Crippen molar-refractivity contribution in [3.05, 3.63) is 48.3 Å². The first-order valence-electron chi connectivity index (χ1n) is 5.64. The molecule has 16 heavy (non-hydrogen) atoms. The molecule has 1 nitrogen and oxygen atoms in total. The number of halogens is 1. The fourth-order valence-electron chi connectivity index (χ4n) is 1.91. The second kappa shape index (κ2) is 5.26. The zero-order valence-corrected chi connectivity index (χ0v) is 10.3. The molecule has 0 radical (unpaired) electrons. The largest absolute Gasteiger partial charge is 0.310 e. The summed E-state index contributed by atoms with van der Waals surface area (Å²) in [7, 11) is 0. The van der Waals surface area contributed by atoms with Gasteiger partial charge in [-0.2, -0.15) is 0 Å². The maximum atomic E-state index is 12.9. The number of likely N-dealkylation sites (N-methyl/N-ethyl adjacent to an activating group) is 1. The van der Waals surface area contributed by atoms with E-state index in [-0.39, 0.29) is 17.3 Å². The first kappa shape index (κ1) is 12.9. The molecule has 0 aromatic heterocycles. The second-order valence-electron chi connectivity index (χ2n) is 4.50. The van der Waals surface area contributed by atoms with Crippen LogP contribution < -0.4 is 5.32 Å². The normalized spacial score (nSPS) is 13.5. The van der Waals surface area contributed by atoms with E-state index >= 15 is 0 Å². The first-order chi connectivity index (χ1) is 7.52. The van der Waals surface area contributed by atoms with Crippen molar-refractivity contribution in [1.82, 2.24) is 5.32 Å². The third-order valence-electron chi connectivity index (χ3n) is 3.03. The van der Waals surface area contributed by atoms with Gasteiger partial charge in [0.2, 0.25) is 0 Å². The van der Waals surface area contributed by atoms with E-state index in [0.717, 1.165) is 12.1 Å². The molecule has 1 unspecified atom stereocenters. The predicted octanol–water partition coefficient (Wildman–Crippen LogP) is 3.27. The van der Waals surface area contributed by atoms with Crippen molar-refractivity contribution in [3.63, 3.8) is 0 Å². The van der Waals surface area contributed by atoms with Crippen LogP contribution in [0.25, 0.3) is 0 Å². The summed E-state index contributed by atoms with van der Waals surface area (Å²) in [6, 6.07) is 6.86. The van der Waals surface area contributed by atoms with Crippen molar-refractivity contribution in [2.24, 2.45) is 0 Å². The van der Waals surface area contributed by atoms with Crippen molar-refractivity contribution in [1.29, 1.82) is 0 Å². The van der Waals surface area contributed by atoms with Gasteiger partial charge in [-0.25, -0.2) is 4.39 Å². The van der Waals surface area contributed by atoms with E-state index in [4.69, 9.17) is 0 Å². The zero-order valence-electron chi connectivity index (χ0n) is 10.3. The Morgan fingerprint density at radius 2 is 1.94 bits per heavy atom. The molecule has 2 heteroatoms. The Bertz CT molecular complexity index is 340. The number of benzene rings is 1. The van der Waals surface area contributed by atoms with Crippen LogP contribution in [0.1, 0.15) is 26.3 Å². The molecule has 0 saturated heterocycles. The highest BCUT2D eigenvalue weighted by Gasteiger charge is 2.28. The fraction of sp³-hybridized carbons (Fsp3) is 0.429. The van der Waals surface area contributed by atoms with E-state index in [9.17, 15) is 4.39 Å². The van der Waals surface area contributed by atoms with Gasteiger partial charge in [0.15, 0.2) is 0 Å². The highest BCUT2D eigenvalue weighted by molar-refractivity contribution is 5.28. The molecule has 1 N–H and O–H groups in total. The minimum absolute atomic E-state index is 0.0918. The molecule has 0 aliphatic heterocycles. The summed E-state index contributed by atoms with van der Waals surface area (Å²) < 4.78 is 12.9. The van der Waals surface area contributed by atoms with Crippen LogP contribution in [0.2, 0.25) is 0 Å². The smallest absolute Gasteiger partial charge is 0.123 e. The lowest BCUT2D eigenvalue weighted by atomic mass is 9.77. The zero-order chi connectivity index (χ0) is 12.2. The summed E-state index contributed by atoms with van der Waals surface area (Å²) >= 11 is 0. The third-order valence-corrected chi connectivity index (χ3v) is 3.03. The van der Waals surface area contributed by atoms with E-state index in [1.165, 1.54) is 12.1 Å². The predicted molar refractivity (Wildman–Crippen MR) is 67.1 cm³/mol. The number of hydrogen-bond acceptors (Lipinski definition) is 1. The van der Waals surface area contributed by atoms with Crippen molar-refractivity contribution in [2.45, 2.75) is 32.2 Å². The van der Waals surface area contributed by atoms with Gasteiger partial charge in [0.05, 0.1) is 0 Å². The molecule has 0 fully saturated rings. The Morgan fingerprint density at radius 3 is 2.38 bits per heavy atom. The lowest BCUT2D eigenvalue weighted by Crippen LogP contribution is -2.43. The summed E-state index contributed by atoms with van der Waals surface area (Å²) in [5.74, 6) is -0.196. The van der Waals surface area contributed by atoms with Gasteiger partial charge < -0.3 is 5.32 Å². The number of rotatable bonds is 5. The Kier molecular flexibility index (Phi) is 4.25. The molecule has 0 saturated carbocycles. The topological polar surface area (TPSA) is 12.0 Å². The molecule has 0 bridgehead atoms. The van der Waals surface area contributed by atoms with E-state index in [1.807, 2.05) is 18.2 Å². The van der Waals surface area contributed by atoms with Crippen LogP contribution in [0.4, 0.5) is 4.39 Å². The van der Waals surface area contributed by atoms with Gasteiger partial charge >= 0.3 is 0 Å². The molecule has 1 aromatic carbocycles. The highest BCUT2D eigenvalue weighted by Crippen LogP contribution is 2.27. The first-order valence-corrected chi connectivity index (χ1v) is 5.64. The SMILES string of the molecule is C=CC(NCC)C(C)(C)c1ccc(F)cc1. The van der Waals surface area contributed by atoms with Gasteiger partial charge in [-0.05, 0) is 24.2 Å². The Morgan fingerprint density at radius 1 is 1.38 bits per heavy atom. The molecule has 0 aliphatic carbocycles. The Labute approximate surface area is 97.4 Å². The van der Waals surface area contributed by atoms with Crippen LogP contribution in [0.5, 0.6) is 0 Å². The van der Waals surface area contributed by atoms with Crippen LogP contribution in [-0.2, 0) is 5.41 Å². The fourth-order valence-corrected chi connectivity index (χ4v) is 1.91. The standard InChI is InChI=1S/C14H20FN/c1-5-13(16-6-2)14(3,4)11-7-9-12(15)10-8-11/h5,7-10,13,16H,1,6H2,2-4H3. The van der Waals surface area contributed by atoms with Gasteiger partial charge in [0, 0.05) is 11.5 Å². The van der Waals surface area contributed by atoms with Crippen molar-refractivity contribution >= 4 is 0 Å². The molecule has 0 aliphatic rings. The average Bonchev–Trinajstić information content (AvgIpc) is 2.26. The molecule has 1 rings (SSSR count). The van der Waals surface area contributed by atoms with Gasteiger partial charge in [-0.1, -0.05) is 39.0 Å². The summed E-state index contributed by atoms with van der Waals surface area (Å²) in [6.45, 7) is 11.1. The summed E-state index contributed by atoms with van der Waals surface area (Å²) in [4.78, 5) is 0. The molecule has 88 valence electrons. The van der Waals surface area contributed by atoms with Crippen molar-refractivity contribution in [3.8, 4) is 0 Å². The Hall–Kier alpha value is -1.15. The van der Waals surface area contributed by atoms with E-state index in [2.05, 4.69) is 32.7 Å². The van der Waals surface area contributed by atoms with E-state index < -0.39 is 0 Å². The minimum atomic E-state index is -0.196. The molecule has 0 spiro atoms. The Balaban J connectivity index is 2.98. The molecule has 0 heterocycles. The lowest BCUT2D eigenvalue weighted by molar-refractivity contribution is 0.400. The van der Waals surface area contributed by atoms with Crippen LogP contribution in [0.15, 0.2) is 36.9 Å². The quantitative estimate of drug-likeness (QED) is 0.752. The van der Waals surface area contributed by atoms with E-state index in [1.54, 1.807) is 0 Å². The van der Waals surface area contributed by atoms with Gasteiger partial charge in [0.25, 0.3) is 0 Å². The van der Waals surface area contributed by atoms with Crippen LogP contribution in [0.3, 0.4) is 0 Å². The maximum absolute atomic E-state index is 12.9. The third kappa shape index (κ3) is 2.70. The maximum Gasteiger partial charge on any atom is 0.123 e. The van der Waals surface area contributed by atoms with Crippen LogP contribution in [0, 0.1) is 5.82 Å². The van der Waals surface area contributed by atoms with E-state index in [0.29, 0.717) is 0 Å². The average molecular weight is 221 g/mol. The van der Waals surface area contributed by atoms with Gasteiger partial charge in [-0.3, -0.25) is 0 Å². The molecule has 0 amide bonds. The van der Waals surface area contributed by atoms with Crippen LogP contribution >= 0.6 is 0 Å². The molecular weight excluding hydrogens is 201 g/mol. The van der Waals surface area contributed by atoms with Gasteiger partial charge in [0.1, 0.15) is 5.82 Å². The highest BCUT2D eigenvalue weighted by atomic mass is 19.1. The summed E-state index contributed by atoms with van der Waals surface area (Å²) in [5.41, 5.74) is 1.02. The van der Waals surface area contributed by atoms with Gasteiger partial charge in [-0.15, -0.1) is 6.58 Å².